The van der Waals surface area contributed by atoms with E-state index in [-0.39, 0.29) is 16.0 Å². The molecule has 0 bridgehead atoms. The van der Waals surface area contributed by atoms with Crippen LogP contribution in [0, 0.1) is 0 Å². The fourth-order valence-electron chi connectivity index (χ4n) is 1.75. The number of anilines is 1. The first-order chi connectivity index (χ1) is 9.51. The van der Waals surface area contributed by atoms with Crippen LogP contribution < -0.4 is 11.1 Å². The number of carbonyl (C=O) groups is 1. The highest BCUT2D eigenvalue weighted by atomic mass is 35.5. The van der Waals surface area contributed by atoms with Crippen molar-refractivity contribution in [1.29, 1.82) is 0 Å². The van der Waals surface area contributed by atoms with Crippen LogP contribution in [-0.4, -0.2) is 5.91 Å². The third-order valence-electron chi connectivity index (χ3n) is 2.78. The number of hydrogen-bond acceptors (Lipinski definition) is 3. The molecule has 0 unspecified atom stereocenters. The molecule has 3 nitrogen and oxygen atoms in total. The minimum absolute atomic E-state index is 0.221. The fraction of sp³-hybridized carbons (Fsp3) is 0.214. The molecule has 106 valence electrons. The zero-order valence-electron chi connectivity index (χ0n) is 10.9. The van der Waals surface area contributed by atoms with Gasteiger partial charge in [-0.15, -0.1) is 11.3 Å². The molecule has 1 amide bonds. The second-order valence-electron chi connectivity index (χ2n) is 4.27. The molecule has 0 spiro atoms. The Labute approximate surface area is 131 Å². The van der Waals surface area contributed by atoms with E-state index in [9.17, 15) is 4.79 Å². The van der Waals surface area contributed by atoms with Gasteiger partial charge in [0.1, 0.15) is 0 Å². The number of nitrogens with one attached hydrogen (secondary N) is 1. The van der Waals surface area contributed by atoms with E-state index >= 15 is 0 Å². The van der Waals surface area contributed by atoms with Crippen LogP contribution >= 0.6 is 34.5 Å². The Morgan fingerprint density at radius 3 is 2.65 bits per heavy atom. The Morgan fingerprint density at radius 2 is 2.00 bits per heavy atom. The third kappa shape index (κ3) is 3.45. The molecule has 0 saturated heterocycles. The van der Waals surface area contributed by atoms with E-state index in [1.54, 1.807) is 11.3 Å². The van der Waals surface area contributed by atoms with Crippen molar-refractivity contribution >= 4 is 46.1 Å². The summed E-state index contributed by atoms with van der Waals surface area (Å²) >= 11 is 13.6. The van der Waals surface area contributed by atoms with Crippen LogP contribution in [0.4, 0.5) is 5.69 Å². The number of aryl methyl sites for hydroxylation is 1. The predicted octanol–water partition coefficient (Wildman–Crippen LogP) is 4.13. The average molecular weight is 329 g/mol. The van der Waals surface area contributed by atoms with E-state index in [0.29, 0.717) is 17.8 Å². The smallest absolute Gasteiger partial charge is 0.253 e. The standard InChI is InChI=1S/C14H14Cl2N2OS/c1-2-9-3-4-10(20-9)7-18-14(19)11-5-8(17)6-12(15)13(11)16/h3-6H,2,7,17H2,1H3,(H,18,19). The Kier molecular flexibility index (Phi) is 4.91. The van der Waals surface area contributed by atoms with Gasteiger partial charge in [-0.05, 0) is 30.7 Å². The molecule has 0 aliphatic carbocycles. The molecule has 0 aliphatic rings. The molecular weight excluding hydrogens is 315 g/mol. The molecule has 3 N–H and O–H groups in total. The van der Waals surface area contributed by atoms with Crippen LogP contribution in [-0.2, 0) is 13.0 Å². The van der Waals surface area contributed by atoms with Crippen molar-refractivity contribution in [3.05, 3.63) is 49.6 Å². The van der Waals surface area contributed by atoms with Gasteiger partial charge in [-0.1, -0.05) is 30.1 Å². The lowest BCUT2D eigenvalue weighted by atomic mass is 10.2. The largest absolute Gasteiger partial charge is 0.399 e. The zero-order valence-corrected chi connectivity index (χ0v) is 13.2. The second-order valence-corrected chi connectivity index (χ2v) is 6.31. The number of halogens is 2. The Hall–Kier alpha value is -1.23. The molecule has 2 rings (SSSR count). The van der Waals surface area contributed by atoms with Crippen LogP contribution in [0.25, 0.3) is 0 Å². The zero-order chi connectivity index (χ0) is 14.7. The van der Waals surface area contributed by atoms with Gasteiger partial charge in [0.25, 0.3) is 5.91 Å². The van der Waals surface area contributed by atoms with Gasteiger partial charge in [0.15, 0.2) is 0 Å². The summed E-state index contributed by atoms with van der Waals surface area (Å²) in [6, 6.07) is 7.12. The molecule has 0 fully saturated rings. The van der Waals surface area contributed by atoms with Gasteiger partial charge in [0.05, 0.1) is 22.2 Å². The summed E-state index contributed by atoms with van der Waals surface area (Å²) in [7, 11) is 0. The lowest BCUT2D eigenvalue weighted by Crippen LogP contribution is -2.22. The summed E-state index contributed by atoms with van der Waals surface area (Å²) in [4.78, 5) is 14.5. The number of thiophene rings is 1. The molecule has 0 aliphatic heterocycles. The summed E-state index contributed by atoms with van der Waals surface area (Å²) in [6.07, 6.45) is 0.995. The summed E-state index contributed by atoms with van der Waals surface area (Å²) in [5.41, 5.74) is 6.38. The van der Waals surface area contributed by atoms with E-state index in [2.05, 4.69) is 18.3 Å². The van der Waals surface area contributed by atoms with Gasteiger partial charge >= 0.3 is 0 Å². The van der Waals surface area contributed by atoms with Gasteiger partial charge in [-0.2, -0.15) is 0 Å². The molecule has 1 heterocycles. The molecular formula is C14H14Cl2N2OS. The first-order valence-electron chi connectivity index (χ1n) is 6.11. The Bertz CT molecular complexity index is 640. The average Bonchev–Trinajstić information content (AvgIpc) is 2.88. The normalized spacial score (nSPS) is 10.6. The molecule has 0 atom stereocenters. The van der Waals surface area contributed by atoms with Crippen molar-refractivity contribution < 1.29 is 4.79 Å². The Morgan fingerprint density at radius 1 is 1.30 bits per heavy atom. The molecule has 6 heteroatoms. The lowest BCUT2D eigenvalue weighted by molar-refractivity contribution is 0.0951. The topological polar surface area (TPSA) is 55.1 Å². The summed E-state index contributed by atoms with van der Waals surface area (Å²) in [5.74, 6) is -0.282. The van der Waals surface area contributed by atoms with Gasteiger partial charge in [-0.3, -0.25) is 4.79 Å². The van der Waals surface area contributed by atoms with Crippen molar-refractivity contribution in [2.24, 2.45) is 0 Å². The molecule has 20 heavy (non-hydrogen) atoms. The number of amides is 1. The van der Waals surface area contributed by atoms with Gasteiger partial charge < -0.3 is 11.1 Å². The number of carbonyl (C=O) groups excluding carboxylic acids is 1. The van der Waals surface area contributed by atoms with Crippen molar-refractivity contribution in [2.45, 2.75) is 19.9 Å². The maximum atomic E-state index is 12.1. The SMILES string of the molecule is CCc1ccc(CNC(=O)c2cc(N)cc(Cl)c2Cl)s1. The van der Waals surface area contributed by atoms with Crippen LogP contribution in [0.3, 0.4) is 0 Å². The van der Waals surface area contributed by atoms with Gasteiger partial charge in [-0.25, -0.2) is 0 Å². The van der Waals surface area contributed by atoms with Crippen molar-refractivity contribution in [3.63, 3.8) is 0 Å². The lowest BCUT2D eigenvalue weighted by Gasteiger charge is -2.08. The number of benzene rings is 1. The minimum Gasteiger partial charge on any atom is -0.399 e. The third-order valence-corrected chi connectivity index (χ3v) is 4.82. The number of nitrogen functional groups attached to an aromatic ring is 1. The number of nitrogens with two attached hydrogens (primary N) is 1. The van der Waals surface area contributed by atoms with E-state index in [1.807, 2.05) is 6.07 Å². The molecule has 2 aromatic rings. The van der Waals surface area contributed by atoms with Crippen LogP contribution in [0.1, 0.15) is 27.0 Å². The highest BCUT2D eigenvalue weighted by molar-refractivity contribution is 7.11. The second kappa shape index (κ2) is 6.48. The highest BCUT2D eigenvalue weighted by Crippen LogP contribution is 2.28. The van der Waals surface area contributed by atoms with Crippen molar-refractivity contribution in [3.8, 4) is 0 Å². The number of rotatable bonds is 4. The minimum atomic E-state index is -0.282. The summed E-state index contributed by atoms with van der Waals surface area (Å²) < 4.78 is 0. The van der Waals surface area contributed by atoms with E-state index in [1.165, 1.54) is 17.0 Å². The van der Waals surface area contributed by atoms with Crippen LogP contribution in [0.2, 0.25) is 10.0 Å². The molecule has 1 aromatic heterocycles. The van der Waals surface area contributed by atoms with E-state index in [0.717, 1.165) is 11.3 Å². The maximum absolute atomic E-state index is 12.1. The van der Waals surface area contributed by atoms with Crippen LogP contribution in [0.15, 0.2) is 24.3 Å². The van der Waals surface area contributed by atoms with E-state index in [4.69, 9.17) is 28.9 Å². The molecule has 0 radical (unpaired) electrons. The fourth-order valence-corrected chi connectivity index (χ4v) is 3.07. The first kappa shape index (κ1) is 15.2. The Balaban J connectivity index is 2.09. The summed E-state index contributed by atoms with van der Waals surface area (Å²) in [6.45, 7) is 2.56. The van der Waals surface area contributed by atoms with Crippen molar-refractivity contribution in [1.82, 2.24) is 5.32 Å². The molecule has 0 saturated carbocycles. The maximum Gasteiger partial charge on any atom is 0.253 e. The van der Waals surface area contributed by atoms with E-state index < -0.39 is 0 Å². The monoisotopic (exact) mass is 328 g/mol. The predicted molar refractivity (Wildman–Crippen MR) is 85.7 cm³/mol. The summed E-state index contributed by atoms with van der Waals surface area (Å²) in [5, 5.41) is 3.32. The quantitative estimate of drug-likeness (QED) is 0.829. The highest BCUT2D eigenvalue weighted by Gasteiger charge is 2.14. The van der Waals surface area contributed by atoms with Crippen molar-refractivity contribution in [2.75, 3.05) is 5.73 Å². The first-order valence-corrected chi connectivity index (χ1v) is 7.68. The van der Waals surface area contributed by atoms with Crippen LogP contribution in [0.5, 0.6) is 0 Å². The molecule has 1 aromatic carbocycles. The van der Waals surface area contributed by atoms with Gasteiger partial charge in [0.2, 0.25) is 0 Å². The number of hydrogen-bond donors (Lipinski definition) is 2. The van der Waals surface area contributed by atoms with Gasteiger partial charge in [0, 0.05) is 15.4 Å².